The molecule has 1 aliphatic rings. The lowest BCUT2D eigenvalue weighted by molar-refractivity contribution is -0.136. The molecule has 0 bridgehead atoms. The van der Waals surface area contributed by atoms with E-state index in [4.69, 9.17) is 4.74 Å². The van der Waals surface area contributed by atoms with E-state index >= 15 is 0 Å². The quantitative estimate of drug-likeness (QED) is 0.331. The normalized spacial score (nSPS) is 14.2. The molecule has 212 valence electrons. The Morgan fingerprint density at radius 2 is 1.52 bits per heavy atom. The fraction of sp³-hybridized carbons (Fsp3) is 0.394. The Balaban J connectivity index is 1.34. The number of methoxy groups -OCH3 is 1. The fourth-order valence-electron chi connectivity index (χ4n) is 5.11. The van der Waals surface area contributed by atoms with E-state index in [1.165, 1.54) is 12.1 Å². The van der Waals surface area contributed by atoms with Crippen LogP contribution in [0.25, 0.3) is 0 Å². The molecule has 3 aromatic rings. The van der Waals surface area contributed by atoms with Crippen molar-refractivity contribution in [3.05, 3.63) is 101 Å². The molecule has 0 aliphatic carbocycles. The van der Waals surface area contributed by atoms with Crippen LogP contribution in [-0.4, -0.2) is 47.9 Å². The summed E-state index contributed by atoms with van der Waals surface area (Å²) in [6, 6.07) is 22.0. The van der Waals surface area contributed by atoms with Crippen LogP contribution in [0.4, 0.5) is 4.39 Å². The predicted molar refractivity (Wildman–Crippen MR) is 155 cm³/mol. The van der Waals surface area contributed by atoms with Crippen molar-refractivity contribution < 1.29 is 18.7 Å². The first-order chi connectivity index (χ1) is 19.3. The van der Waals surface area contributed by atoms with E-state index in [0.717, 1.165) is 54.9 Å². The summed E-state index contributed by atoms with van der Waals surface area (Å²) in [5.74, 6) is 0.883. The molecule has 0 aromatic heterocycles. The standard InChI is InChI=1S/C33H40FN3O3/c1-24(2)20-32(38)37(30-16-18-36(19-17-30)22-26-6-12-29(34)13-7-26)23-27-4-10-28(11-5-27)33(39)35-21-25-8-14-31(40-3)15-9-25/h4-15,24,30H,16-23H2,1-3H3,(H,35,39). The predicted octanol–water partition coefficient (Wildman–Crippen LogP) is 5.80. The Morgan fingerprint density at radius 3 is 2.12 bits per heavy atom. The number of rotatable bonds is 11. The summed E-state index contributed by atoms with van der Waals surface area (Å²) in [4.78, 5) is 30.4. The number of hydrogen-bond donors (Lipinski definition) is 1. The third kappa shape index (κ3) is 8.39. The van der Waals surface area contributed by atoms with Gasteiger partial charge in [0.05, 0.1) is 7.11 Å². The monoisotopic (exact) mass is 545 g/mol. The highest BCUT2D eigenvalue weighted by Crippen LogP contribution is 2.23. The number of piperidine rings is 1. The average Bonchev–Trinajstić information content (AvgIpc) is 2.96. The number of likely N-dealkylation sites (tertiary alicyclic amines) is 1. The van der Waals surface area contributed by atoms with Gasteiger partial charge in [0.2, 0.25) is 5.91 Å². The van der Waals surface area contributed by atoms with E-state index in [1.54, 1.807) is 7.11 Å². The van der Waals surface area contributed by atoms with Gasteiger partial charge < -0.3 is 15.0 Å². The van der Waals surface area contributed by atoms with Crippen LogP contribution in [0.1, 0.15) is 60.2 Å². The largest absolute Gasteiger partial charge is 0.497 e. The Labute approximate surface area is 237 Å². The molecular formula is C33H40FN3O3. The second-order valence-corrected chi connectivity index (χ2v) is 11.0. The van der Waals surface area contributed by atoms with Crippen LogP contribution in [-0.2, 0) is 24.4 Å². The molecule has 1 saturated heterocycles. The lowest BCUT2D eigenvalue weighted by atomic mass is 9.99. The van der Waals surface area contributed by atoms with Crippen LogP contribution in [0.2, 0.25) is 0 Å². The van der Waals surface area contributed by atoms with Gasteiger partial charge in [-0.15, -0.1) is 0 Å². The Morgan fingerprint density at radius 1 is 0.925 bits per heavy atom. The molecule has 0 saturated carbocycles. The second kappa shape index (κ2) is 14.1. The van der Waals surface area contributed by atoms with E-state index in [1.807, 2.05) is 65.6 Å². The summed E-state index contributed by atoms with van der Waals surface area (Å²) in [6.45, 7) is 7.67. The molecule has 1 N–H and O–H groups in total. The van der Waals surface area contributed by atoms with Crippen molar-refractivity contribution in [2.45, 2.75) is 58.8 Å². The number of carbonyl (C=O) groups is 2. The summed E-state index contributed by atoms with van der Waals surface area (Å²) in [5, 5.41) is 2.96. The molecule has 4 rings (SSSR count). The van der Waals surface area contributed by atoms with Crippen molar-refractivity contribution in [2.24, 2.45) is 5.92 Å². The molecule has 3 aromatic carbocycles. The van der Waals surface area contributed by atoms with Gasteiger partial charge >= 0.3 is 0 Å². The zero-order chi connectivity index (χ0) is 28.5. The molecule has 1 fully saturated rings. The Kier molecular flexibility index (Phi) is 10.3. The minimum Gasteiger partial charge on any atom is -0.497 e. The first-order valence-electron chi connectivity index (χ1n) is 14.1. The summed E-state index contributed by atoms with van der Waals surface area (Å²) in [5.41, 5.74) is 3.69. The highest BCUT2D eigenvalue weighted by molar-refractivity contribution is 5.94. The molecule has 2 amide bonds. The van der Waals surface area contributed by atoms with Gasteiger partial charge in [-0.3, -0.25) is 14.5 Å². The SMILES string of the molecule is COc1ccc(CNC(=O)c2ccc(CN(C(=O)CC(C)C)C3CCN(Cc4ccc(F)cc4)CC3)cc2)cc1. The van der Waals surface area contributed by atoms with Crippen LogP contribution in [0.5, 0.6) is 5.75 Å². The van der Waals surface area contributed by atoms with Crippen molar-refractivity contribution in [2.75, 3.05) is 20.2 Å². The number of benzene rings is 3. The lowest BCUT2D eigenvalue weighted by Gasteiger charge is -2.39. The molecule has 1 heterocycles. The molecule has 6 nitrogen and oxygen atoms in total. The van der Waals surface area contributed by atoms with Crippen LogP contribution in [0.3, 0.4) is 0 Å². The smallest absolute Gasteiger partial charge is 0.251 e. The number of carbonyl (C=O) groups excluding carboxylic acids is 2. The molecule has 0 spiro atoms. The van der Waals surface area contributed by atoms with Gasteiger partial charge in [-0.25, -0.2) is 4.39 Å². The molecule has 40 heavy (non-hydrogen) atoms. The Bertz CT molecular complexity index is 1240. The van der Waals surface area contributed by atoms with Gasteiger partial charge in [-0.1, -0.05) is 50.2 Å². The van der Waals surface area contributed by atoms with Gasteiger partial charge in [0.25, 0.3) is 5.91 Å². The number of hydrogen-bond acceptors (Lipinski definition) is 4. The fourth-order valence-corrected chi connectivity index (χ4v) is 5.11. The zero-order valence-corrected chi connectivity index (χ0v) is 23.7. The van der Waals surface area contributed by atoms with Gasteiger partial charge in [0.1, 0.15) is 11.6 Å². The average molecular weight is 546 g/mol. The van der Waals surface area contributed by atoms with Crippen LogP contribution < -0.4 is 10.1 Å². The number of ether oxygens (including phenoxy) is 1. The second-order valence-electron chi connectivity index (χ2n) is 11.0. The molecule has 1 aliphatic heterocycles. The minimum atomic E-state index is -0.219. The van der Waals surface area contributed by atoms with Crippen molar-refractivity contribution in [3.63, 3.8) is 0 Å². The molecule has 7 heteroatoms. The van der Waals surface area contributed by atoms with E-state index in [9.17, 15) is 14.0 Å². The van der Waals surface area contributed by atoms with Crippen molar-refractivity contribution in [1.82, 2.24) is 15.1 Å². The number of nitrogens with zero attached hydrogens (tertiary/aromatic N) is 2. The molecule has 0 unspecified atom stereocenters. The first kappa shape index (κ1) is 29.3. The van der Waals surface area contributed by atoms with E-state index in [2.05, 4.69) is 24.1 Å². The summed E-state index contributed by atoms with van der Waals surface area (Å²) < 4.78 is 18.4. The number of halogens is 1. The van der Waals surface area contributed by atoms with E-state index in [-0.39, 0.29) is 29.6 Å². The highest BCUT2D eigenvalue weighted by Gasteiger charge is 2.28. The number of nitrogens with one attached hydrogen (secondary N) is 1. The van der Waals surface area contributed by atoms with Crippen LogP contribution >= 0.6 is 0 Å². The minimum absolute atomic E-state index is 0.136. The van der Waals surface area contributed by atoms with Gasteiger partial charge in [-0.2, -0.15) is 0 Å². The third-order valence-electron chi connectivity index (χ3n) is 7.40. The van der Waals surface area contributed by atoms with E-state index < -0.39 is 0 Å². The molecule has 0 atom stereocenters. The van der Waals surface area contributed by atoms with E-state index in [0.29, 0.717) is 25.1 Å². The van der Waals surface area contributed by atoms with Gasteiger partial charge in [-0.05, 0) is 71.8 Å². The number of amides is 2. The highest BCUT2D eigenvalue weighted by atomic mass is 19.1. The summed E-state index contributed by atoms with van der Waals surface area (Å²) >= 11 is 0. The first-order valence-corrected chi connectivity index (χ1v) is 14.1. The van der Waals surface area contributed by atoms with Gasteiger partial charge in [0.15, 0.2) is 0 Å². The summed E-state index contributed by atoms with van der Waals surface area (Å²) in [7, 11) is 1.63. The molecule has 0 radical (unpaired) electrons. The Hall–Kier alpha value is -3.71. The van der Waals surface area contributed by atoms with Crippen molar-refractivity contribution in [1.29, 1.82) is 0 Å². The maximum atomic E-state index is 13.3. The van der Waals surface area contributed by atoms with Crippen LogP contribution in [0, 0.1) is 11.7 Å². The van der Waals surface area contributed by atoms with Crippen LogP contribution in [0.15, 0.2) is 72.8 Å². The zero-order valence-electron chi connectivity index (χ0n) is 23.7. The topological polar surface area (TPSA) is 61.9 Å². The lowest BCUT2D eigenvalue weighted by Crippen LogP contribution is -2.47. The summed E-state index contributed by atoms with van der Waals surface area (Å²) in [6.07, 6.45) is 2.31. The maximum Gasteiger partial charge on any atom is 0.251 e. The maximum absolute atomic E-state index is 13.3. The molecular weight excluding hydrogens is 505 g/mol. The van der Waals surface area contributed by atoms with Crippen molar-refractivity contribution >= 4 is 11.8 Å². The van der Waals surface area contributed by atoms with Crippen molar-refractivity contribution in [3.8, 4) is 5.75 Å². The third-order valence-corrected chi connectivity index (χ3v) is 7.40. The van der Waals surface area contributed by atoms with Gasteiger partial charge in [0, 0.05) is 50.7 Å².